The van der Waals surface area contributed by atoms with E-state index in [1.54, 1.807) is 36.7 Å². The van der Waals surface area contributed by atoms with Crippen LogP contribution in [0.3, 0.4) is 0 Å². The smallest absolute Gasteiger partial charge is 0.417 e. The number of urea groups is 1. The van der Waals surface area contributed by atoms with Crippen LogP contribution >= 0.6 is 11.6 Å². The van der Waals surface area contributed by atoms with Crippen molar-refractivity contribution in [3.05, 3.63) is 83.1 Å². The van der Waals surface area contributed by atoms with Crippen LogP contribution in [0.25, 0.3) is 0 Å². The molecule has 5 nitrogen and oxygen atoms in total. The highest BCUT2D eigenvalue weighted by molar-refractivity contribution is 6.31. The molecule has 0 saturated heterocycles. The van der Waals surface area contributed by atoms with Crippen molar-refractivity contribution in [2.75, 3.05) is 5.32 Å². The summed E-state index contributed by atoms with van der Waals surface area (Å²) in [6.45, 7) is 0. The molecule has 1 fully saturated rings. The van der Waals surface area contributed by atoms with Crippen molar-refractivity contribution in [1.82, 2.24) is 10.3 Å². The summed E-state index contributed by atoms with van der Waals surface area (Å²) in [6.07, 6.45) is 0.0926. The topological polar surface area (TPSA) is 63.2 Å². The van der Waals surface area contributed by atoms with Crippen molar-refractivity contribution in [3.8, 4) is 11.5 Å². The van der Waals surface area contributed by atoms with E-state index in [9.17, 15) is 18.0 Å². The molecule has 0 bridgehead atoms. The van der Waals surface area contributed by atoms with Gasteiger partial charge >= 0.3 is 12.2 Å². The predicted molar refractivity (Wildman–Crippen MR) is 110 cm³/mol. The minimum Gasteiger partial charge on any atom is -0.457 e. The molecule has 31 heavy (non-hydrogen) atoms. The lowest BCUT2D eigenvalue weighted by molar-refractivity contribution is -0.137. The standard InChI is InChI=1S/C22H17ClF3N3O2/c23-19-6-3-15(13-18(19)22(24,25)26)28-20(30)29-21(9-10-21)14-1-4-16(5-2-14)31-17-7-11-27-12-8-17/h1-8,11-13H,9-10H2,(H2,28,29,30). The van der Waals surface area contributed by atoms with Gasteiger partial charge in [0.25, 0.3) is 0 Å². The minimum absolute atomic E-state index is 0.00567. The van der Waals surface area contributed by atoms with Crippen molar-refractivity contribution < 1.29 is 22.7 Å². The summed E-state index contributed by atoms with van der Waals surface area (Å²) >= 11 is 5.62. The summed E-state index contributed by atoms with van der Waals surface area (Å²) < 4.78 is 44.8. The Balaban J connectivity index is 1.42. The van der Waals surface area contributed by atoms with E-state index in [0.717, 1.165) is 30.5 Å². The molecule has 0 spiro atoms. The largest absolute Gasteiger partial charge is 0.457 e. The fourth-order valence-electron chi connectivity index (χ4n) is 3.20. The highest BCUT2D eigenvalue weighted by atomic mass is 35.5. The monoisotopic (exact) mass is 447 g/mol. The summed E-state index contributed by atoms with van der Waals surface area (Å²) in [6, 6.07) is 13.4. The molecule has 2 N–H and O–H groups in total. The highest BCUT2D eigenvalue weighted by Gasteiger charge is 2.45. The van der Waals surface area contributed by atoms with E-state index >= 15 is 0 Å². The summed E-state index contributed by atoms with van der Waals surface area (Å²) in [4.78, 5) is 16.4. The highest BCUT2D eigenvalue weighted by Crippen LogP contribution is 2.46. The number of aromatic nitrogens is 1. The molecule has 2 amide bonds. The second-order valence-corrected chi connectivity index (χ2v) is 7.57. The maximum absolute atomic E-state index is 13.0. The zero-order valence-corrected chi connectivity index (χ0v) is 16.8. The lowest BCUT2D eigenvalue weighted by Crippen LogP contribution is -2.38. The van der Waals surface area contributed by atoms with Gasteiger partial charge in [0.2, 0.25) is 0 Å². The van der Waals surface area contributed by atoms with E-state index in [-0.39, 0.29) is 5.69 Å². The van der Waals surface area contributed by atoms with Crippen LogP contribution in [-0.4, -0.2) is 11.0 Å². The van der Waals surface area contributed by atoms with Crippen LogP contribution in [0.2, 0.25) is 5.02 Å². The Bertz CT molecular complexity index is 1090. The first-order chi connectivity index (χ1) is 14.7. The number of nitrogens with one attached hydrogen (secondary N) is 2. The predicted octanol–water partition coefficient (Wildman–Crippen LogP) is 6.36. The number of benzene rings is 2. The third-order valence-corrected chi connectivity index (χ3v) is 5.25. The maximum Gasteiger partial charge on any atom is 0.417 e. The second-order valence-electron chi connectivity index (χ2n) is 7.16. The Morgan fingerprint density at radius 3 is 2.26 bits per heavy atom. The number of hydrogen-bond acceptors (Lipinski definition) is 3. The number of alkyl halides is 3. The van der Waals surface area contributed by atoms with E-state index in [2.05, 4.69) is 15.6 Å². The lowest BCUT2D eigenvalue weighted by atomic mass is 10.1. The molecule has 0 aliphatic heterocycles. The number of rotatable bonds is 5. The van der Waals surface area contributed by atoms with Gasteiger partial charge in [-0.25, -0.2) is 4.79 Å². The fourth-order valence-corrected chi connectivity index (χ4v) is 3.42. The Hall–Kier alpha value is -3.26. The molecule has 160 valence electrons. The van der Waals surface area contributed by atoms with Gasteiger partial charge in [-0.3, -0.25) is 4.98 Å². The molecule has 1 aliphatic rings. The molecule has 2 aromatic carbocycles. The number of carbonyl (C=O) groups is 1. The number of nitrogens with zero attached hydrogens (tertiary/aromatic N) is 1. The second kappa shape index (κ2) is 8.11. The van der Waals surface area contributed by atoms with E-state index in [1.807, 2.05) is 12.1 Å². The molecule has 9 heteroatoms. The van der Waals surface area contributed by atoms with Gasteiger partial charge in [-0.1, -0.05) is 23.7 Å². The molecule has 3 aromatic rings. The first kappa shape index (κ1) is 21.0. The number of anilines is 1. The molecule has 1 aromatic heterocycles. The van der Waals surface area contributed by atoms with Crippen LogP contribution in [0, 0.1) is 0 Å². The van der Waals surface area contributed by atoms with Gasteiger partial charge in [0.05, 0.1) is 16.1 Å². The van der Waals surface area contributed by atoms with Crippen LogP contribution < -0.4 is 15.4 Å². The van der Waals surface area contributed by atoms with Crippen molar-refractivity contribution in [3.63, 3.8) is 0 Å². The lowest BCUT2D eigenvalue weighted by Gasteiger charge is -2.19. The molecule has 0 atom stereocenters. The fraction of sp³-hybridized carbons (Fsp3) is 0.182. The Morgan fingerprint density at radius 1 is 1.00 bits per heavy atom. The summed E-state index contributed by atoms with van der Waals surface area (Å²) in [5.74, 6) is 1.29. The van der Waals surface area contributed by atoms with Gasteiger partial charge in [-0.05, 0) is 60.9 Å². The van der Waals surface area contributed by atoms with Crippen LogP contribution in [-0.2, 0) is 11.7 Å². The van der Waals surface area contributed by atoms with Crippen LogP contribution in [0.4, 0.5) is 23.7 Å². The third kappa shape index (κ3) is 4.91. The quantitative estimate of drug-likeness (QED) is 0.478. The summed E-state index contributed by atoms with van der Waals surface area (Å²) in [5, 5.41) is 4.89. The van der Waals surface area contributed by atoms with Crippen molar-refractivity contribution in [1.29, 1.82) is 0 Å². The van der Waals surface area contributed by atoms with Gasteiger partial charge in [0.15, 0.2) is 0 Å². The van der Waals surface area contributed by atoms with Crippen LogP contribution in [0.5, 0.6) is 11.5 Å². The molecular weight excluding hydrogens is 431 g/mol. The van der Waals surface area contributed by atoms with Crippen molar-refractivity contribution in [2.45, 2.75) is 24.6 Å². The Labute approximate surface area is 181 Å². The number of amides is 2. The molecule has 1 aliphatic carbocycles. The van der Waals surface area contributed by atoms with E-state index in [0.29, 0.717) is 11.5 Å². The first-order valence-electron chi connectivity index (χ1n) is 9.40. The number of ether oxygens (including phenoxy) is 1. The number of carbonyl (C=O) groups excluding carboxylic acids is 1. The zero-order chi connectivity index (χ0) is 22.1. The van der Waals surface area contributed by atoms with E-state index in [4.69, 9.17) is 16.3 Å². The van der Waals surface area contributed by atoms with Crippen LogP contribution in [0.1, 0.15) is 24.0 Å². The van der Waals surface area contributed by atoms with Gasteiger partial charge < -0.3 is 15.4 Å². The Morgan fingerprint density at radius 2 is 1.65 bits per heavy atom. The maximum atomic E-state index is 13.0. The average Bonchev–Trinajstić information content (AvgIpc) is 3.50. The molecular formula is C22H17ClF3N3O2. The minimum atomic E-state index is -4.61. The molecule has 0 radical (unpaired) electrons. The van der Waals surface area contributed by atoms with Gasteiger partial charge in [-0.15, -0.1) is 0 Å². The summed E-state index contributed by atoms with van der Waals surface area (Å²) in [5.41, 5.74) is -0.667. The van der Waals surface area contributed by atoms with Crippen molar-refractivity contribution in [2.24, 2.45) is 0 Å². The number of pyridine rings is 1. The third-order valence-electron chi connectivity index (χ3n) is 4.92. The number of halogens is 4. The molecule has 1 saturated carbocycles. The molecule has 0 unspecified atom stereocenters. The SMILES string of the molecule is O=C(Nc1ccc(Cl)c(C(F)(F)F)c1)NC1(c2ccc(Oc3ccncc3)cc2)CC1. The van der Waals surface area contributed by atoms with E-state index in [1.165, 1.54) is 6.07 Å². The Kier molecular flexibility index (Phi) is 5.49. The van der Waals surface area contributed by atoms with Crippen molar-refractivity contribution >= 4 is 23.3 Å². The summed E-state index contributed by atoms with van der Waals surface area (Å²) in [7, 11) is 0. The molecule has 4 rings (SSSR count). The average molecular weight is 448 g/mol. The van der Waals surface area contributed by atoms with Gasteiger partial charge in [-0.2, -0.15) is 13.2 Å². The molecule has 1 heterocycles. The normalized spacial score (nSPS) is 14.6. The van der Waals surface area contributed by atoms with Gasteiger partial charge in [0.1, 0.15) is 11.5 Å². The number of hydrogen-bond donors (Lipinski definition) is 2. The van der Waals surface area contributed by atoms with E-state index < -0.39 is 28.3 Å². The zero-order valence-electron chi connectivity index (χ0n) is 16.0. The van der Waals surface area contributed by atoms with Gasteiger partial charge in [0, 0.05) is 18.1 Å². The first-order valence-corrected chi connectivity index (χ1v) is 9.77. The van der Waals surface area contributed by atoms with Crippen LogP contribution in [0.15, 0.2) is 67.0 Å².